The lowest BCUT2D eigenvalue weighted by Crippen LogP contribution is -2.38. The summed E-state index contributed by atoms with van der Waals surface area (Å²) in [5, 5.41) is 9.32. The summed E-state index contributed by atoms with van der Waals surface area (Å²) in [4.78, 5) is 4.42. The second-order valence-corrected chi connectivity index (χ2v) is 7.26. The number of aryl methyl sites for hydroxylation is 1. The van der Waals surface area contributed by atoms with Crippen LogP contribution in [0.2, 0.25) is 5.02 Å². The Bertz CT molecular complexity index is 1060. The number of nitrogens with two attached hydrogens (primary N) is 1. The van der Waals surface area contributed by atoms with Gasteiger partial charge in [0.25, 0.3) is 0 Å². The minimum atomic E-state index is -0.871. The maximum absolute atomic E-state index is 14.5. The molecule has 2 heterocycles. The molecule has 0 saturated carbocycles. The molecule has 1 aliphatic heterocycles. The highest BCUT2D eigenvalue weighted by Crippen LogP contribution is 2.34. The molecule has 3 aromatic rings. The molecule has 1 aliphatic rings. The number of amidine groups is 1. The standard InChI is InChI=1S/C19H19ClFN5O/c1-19(10-27-9-17(22)24-19)14-8-12(4-6-15(14)21)23-18-13-5-3-11(20)7-16(13)26(2)25-18/h3-8H,9-10H2,1-2H3,(H2,22,24)(H,23,25)/t19-/m0/s1. The van der Waals surface area contributed by atoms with Gasteiger partial charge in [-0.15, -0.1) is 0 Å². The van der Waals surface area contributed by atoms with Crippen LogP contribution in [0.15, 0.2) is 41.4 Å². The molecule has 3 N–H and O–H groups in total. The van der Waals surface area contributed by atoms with Crippen LogP contribution in [0.5, 0.6) is 0 Å². The summed E-state index contributed by atoms with van der Waals surface area (Å²) < 4.78 is 21.8. The van der Waals surface area contributed by atoms with Crippen molar-refractivity contribution in [3.8, 4) is 0 Å². The molecule has 2 aromatic carbocycles. The third-order valence-corrected chi connectivity index (χ3v) is 4.88. The second kappa shape index (κ2) is 6.51. The molecular formula is C19H19ClFN5O. The fourth-order valence-electron chi connectivity index (χ4n) is 3.35. The molecule has 8 heteroatoms. The summed E-state index contributed by atoms with van der Waals surface area (Å²) in [7, 11) is 1.85. The van der Waals surface area contributed by atoms with Crippen molar-refractivity contribution in [2.45, 2.75) is 12.5 Å². The zero-order valence-electron chi connectivity index (χ0n) is 15.0. The topological polar surface area (TPSA) is 77.5 Å². The molecule has 0 saturated heterocycles. The van der Waals surface area contributed by atoms with Crippen molar-refractivity contribution in [2.24, 2.45) is 17.8 Å². The van der Waals surface area contributed by atoms with Gasteiger partial charge in [0.2, 0.25) is 0 Å². The number of nitrogens with one attached hydrogen (secondary N) is 1. The fourth-order valence-corrected chi connectivity index (χ4v) is 3.52. The molecule has 0 spiro atoms. The number of aromatic nitrogens is 2. The zero-order valence-corrected chi connectivity index (χ0v) is 15.7. The van der Waals surface area contributed by atoms with E-state index in [9.17, 15) is 4.39 Å². The number of fused-ring (bicyclic) bond motifs is 1. The highest BCUT2D eigenvalue weighted by atomic mass is 35.5. The van der Waals surface area contributed by atoms with Gasteiger partial charge in [-0.25, -0.2) is 4.39 Å². The Kier molecular flexibility index (Phi) is 4.28. The van der Waals surface area contributed by atoms with E-state index in [1.165, 1.54) is 6.07 Å². The van der Waals surface area contributed by atoms with Crippen molar-refractivity contribution in [1.82, 2.24) is 9.78 Å². The second-order valence-electron chi connectivity index (χ2n) is 6.82. The number of anilines is 2. The molecule has 4 rings (SSSR count). The molecule has 0 fully saturated rings. The van der Waals surface area contributed by atoms with Crippen LogP contribution in [-0.2, 0) is 17.3 Å². The van der Waals surface area contributed by atoms with Crippen molar-refractivity contribution in [2.75, 3.05) is 18.5 Å². The van der Waals surface area contributed by atoms with Crippen LogP contribution in [0, 0.1) is 5.82 Å². The van der Waals surface area contributed by atoms with Crippen LogP contribution in [0.3, 0.4) is 0 Å². The molecule has 0 unspecified atom stereocenters. The number of benzene rings is 2. The van der Waals surface area contributed by atoms with E-state index in [1.807, 2.05) is 25.2 Å². The monoisotopic (exact) mass is 387 g/mol. The molecule has 0 aliphatic carbocycles. The van der Waals surface area contributed by atoms with E-state index in [0.29, 0.717) is 27.9 Å². The first-order valence-electron chi connectivity index (χ1n) is 8.47. The molecular weight excluding hydrogens is 369 g/mol. The van der Waals surface area contributed by atoms with Gasteiger partial charge in [0, 0.05) is 28.7 Å². The minimum absolute atomic E-state index is 0.262. The van der Waals surface area contributed by atoms with Crippen molar-refractivity contribution >= 4 is 39.8 Å². The van der Waals surface area contributed by atoms with Crippen molar-refractivity contribution in [3.05, 3.63) is 52.8 Å². The summed E-state index contributed by atoms with van der Waals surface area (Å²) in [6.07, 6.45) is 0. The highest BCUT2D eigenvalue weighted by Gasteiger charge is 2.33. The van der Waals surface area contributed by atoms with E-state index in [2.05, 4.69) is 15.4 Å². The van der Waals surface area contributed by atoms with Gasteiger partial charge >= 0.3 is 0 Å². The summed E-state index contributed by atoms with van der Waals surface area (Å²) in [6.45, 7) is 2.33. The maximum Gasteiger partial charge on any atom is 0.160 e. The Morgan fingerprint density at radius 1 is 1.30 bits per heavy atom. The van der Waals surface area contributed by atoms with Gasteiger partial charge in [0.05, 0.1) is 12.1 Å². The van der Waals surface area contributed by atoms with Crippen LogP contribution in [0.4, 0.5) is 15.9 Å². The molecule has 1 atom stereocenters. The molecule has 140 valence electrons. The van der Waals surface area contributed by atoms with Crippen LogP contribution < -0.4 is 11.1 Å². The van der Waals surface area contributed by atoms with E-state index in [1.54, 1.807) is 23.7 Å². The molecule has 27 heavy (non-hydrogen) atoms. The average Bonchev–Trinajstić information content (AvgIpc) is 2.91. The highest BCUT2D eigenvalue weighted by molar-refractivity contribution is 6.31. The lowest BCUT2D eigenvalue weighted by molar-refractivity contribution is 0.104. The quantitative estimate of drug-likeness (QED) is 0.718. The number of aliphatic imine (C=N–C) groups is 1. The maximum atomic E-state index is 14.5. The Morgan fingerprint density at radius 3 is 2.89 bits per heavy atom. The first-order valence-corrected chi connectivity index (χ1v) is 8.85. The third-order valence-electron chi connectivity index (χ3n) is 4.65. The normalized spacial score (nSPS) is 19.9. The first kappa shape index (κ1) is 17.8. The third kappa shape index (κ3) is 3.24. The molecule has 6 nitrogen and oxygen atoms in total. The SMILES string of the molecule is Cn1nc(Nc2ccc(F)c([C@]3(C)COCC(N)=N3)c2)c2ccc(Cl)cc21. The van der Waals surface area contributed by atoms with E-state index in [0.717, 1.165) is 10.9 Å². The number of halogens is 2. The number of ether oxygens (including phenoxy) is 1. The summed E-state index contributed by atoms with van der Waals surface area (Å²) in [6, 6.07) is 10.4. The molecule has 0 radical (unpaired) electrons. The van der Waals surface area contributed by atoms with Gasteiger partial charge in [-0.3, -0.25) is 9.67 Å². The fraction of sp³-hybridized carbons (Fsp3) is 0.263. The molecule has 0 amide bonds. The van der Waals surface area contributed by atoms with E-state index >= 15 is 0 Å². The Labute approximate surface area is 160 Å². The number of nitrogens with zero attached hydrogens (tertiary/aromatic N) is 3. The smallest absolute Gasteiger partial charge is 0.160 e. The van der Waals surface area contributed by atoms with Gasteiger partial charge in [-0.05, 0) is 43.3 Å². The summed E-state index contributed by atoms with van der Waals surface area (Å²) in [5.74, 6) is 0.659. The number of hydrogen-bond donors (Lipinski definition) is 2. The van der Waals surface area contributed by atoms with E-state index < -0.39 is 5.54 Å². The molecule has 1 aromatic heterocycles. The lowest BCUT2D eigenvalue weighted by atomic mass is 9.92. The average molecular weight is 388 g/mol. The van der Waals surface area contributed by atoms with Crippen LogP contribution >= 0.6 is 11.6 Å². The number of rotatable bonds is 3. The van der Waals surface area contributed by atoms with Crippen LogP contribution in [0.1, 0.15) is 12.5 Å². The first-order chi connectivity index (χ1) is 12.9. The van der Waals surface area contributed by atoms with E-state index in [-0.39, 0.29) is 19.0 Å². The van der Waals surface area contributed by atoms with Gasteiger partial charge in [-0.2, -0.15) is 5.10 Å². The lowest BCUT2D eigenvalue weighted by Gasteiger charge is -2.30. The van der Waals surface area contributed by atoms with Gasteiger partial charge in [0.1, 0.15) is 23.8 Å². The van der Waals surface area contributed by atoms with Crippen LogP contribution in [-0.4, -0.2) is 28.8 Å². The van der Waals surface area contributed by atoms with Gasteiger partial charge in [0.15, 0.2) is 5.82 Å². The van der Waals surface area contributed by atoms with Gasteiger partial charge in [-0.1, -0.05) is 11.6 Å². The van der Waals surface area contributed by atoms with Crippen LogP contribution in [0.25, 0.3) is 10.9 Å². The number of hydrogen-bond acceptors (Lipinski definition) is 5. The van der Waals surface area contributed by atoms with Crippen molar-refractivity contribution in [1.29, 1.82) is 0 Å². The zero-order chi connectivity index (χ0) is 19.2. The molecule has 0 bridgehead atoms. The van der Waals surface area contributed by atoms with Gasteiger partial charge < -0.3 is 15.8 Å². The van der Waals surface area contributed by atoms with E-state index in [4.69, 9.17) is 22.1 Å². The Hall–Kier alpha value is -2.64. The summed E-state index contributed by atoms with van der Waals surface area (Å²) in [5.41, 5.74) is 6.94. The predicted octanol–water partition coefficient (Wildman–Crippen LogP) is 3.71. The Balaban J connectivity index is 1.73. The Morgan fingerprint density at radius 2 is 2.11 bits per heavy atom. The minimum Gasteiger partial charge on any atom is -0.386 e. The predicted molar refractivity (Wildman–Crippen MR) is 105 cm³/mol. The summed E-state index contributed by atoms with van der Waals surface area (Å²) >= 11 is 6.07. The van der Waals surface area contributed by atoms with Crippen molar-refractivity contribution in [3.63, 3.8) is 0 Å². The largest absolute Gasteiger partial charge is 0.386 e. The van der Waals surface area contributed by atoms with Crippen molar-refractivity contribution < 1.29 is 9.13 Å².